The van der Waals surface area contributed by atoms with Crippen molar-refractivity contribution in [1.29, 1.82) is 0 Å². The third-order valence-corrected chi connectivity index (χ3v) is 7.64. The number of nitrogens with one attached hydrogen (secondary N) is 1. The van der Waals surface area contributed by atoms with Gasteiger partial charge in [-0.2, -0.15) is 0 Å². The molecular formula is C27H31FN2O3. The predicted octanol–water partition coefficient (Wildman–Crippen LogP) is 4.10. The van der Waals surface area contributed by atoms with Crippen molar-refractivity contribution in [3.63, 3.8) is 0 Å². The fourth-order valence-corrected chi connectivity index (χ4v) is 5.16. The molecule has 1 heterocycles. The highest BCUT2D eigenvalue weighted by Gasteiger charge is 2.52. The quantitative estimate of drug-likeness (QED) is 0.691. The van der Waals surface area contributed by atoms with Gasteiger partial charge in [-0.1, -0.05) is 42.8 Å². The predicted molar refractivity (Wildman–Crippen MR) is 124 cm³/mol. The van der Waals surface area contributed by atoms with Crippen molar-refractivity contribution in [3.05, 3.63) is 59.9 Å². The van der Waals surface area contributed by atoms with Gasteiger partial charge in [0.2, 0.25) is 5.91 Å². The van der Waals surface area contributed by atoms with Crippen molar-refractivity contribution >= 4 is 11.8 Å². The van der Waals surface area contributed by atoms with Crippen LogP contribution in [0.25, 0.3) is 11.1 Å². The number of carbonyl (C=O) groups excluding carboxylic acids is 2. The summed E-state index contributed by atoms with van der Waals surface area (Å²) in [5.74, 6) is 0.0128. The smallest absolute Gasteiger partial charge is 0.252 e. The lowest BCUT2D eigenvalue weighted by molar-refractivity contribution is -0.140. The molecule has 1 saturated heterocycles. The molecular weight excluding hydrogens is 419 g/mol. The second-order valence-corrected chi connectivity index (χ2v) is 9.71. The van der Waals surface area contributed by atoms with Crippen molar-refractivity contribution in [3.8, 4) is 11.1 Å². The van der Waals surface area contributed by atoms with E-state index in [1.54, 1.807) is 13.2 Å². The van der Waals surface area contributed by atoms with Gasteiger partial charge in [0.05, 0.1) is 12.1 Å². The molecule has 2 aromatic carbocycles. The highest BCUT2D eigenvalue weighted by molar-refractivity contribution is 5.88. The van der Waals surface area contributed by atoms with E-state index >= 15 is 0 Å². The Morgan fingerprint density at radius 3 is 2.45 bits per heavy atom. The van der Waals surface area contributed by atoms with Crippen LogP contribution in [0.3, 0.4) is 0 Å². The zero-order valence-corrected chi connectivity index (χ0v) is 19.1. The van der Waals surface area contributed by atoms with E-state index in [1.165, 1.54) is 12.1 Å². The molecule has 2 aliphatic carbocycles. The Balaban J connectivity index is 1.38. The van der Waals surface area contributed by atoms with E-state index in [1.807, 2.05) is 29.2 Å². The summed E-state index contributed by atoms with van der Waals surface area (Å²) in [6, 6.07) is 14.4. The van der Waals surface area contributed by atoms with Crippen LogP contribution in [-0.2, 0) is 20.7 Å². The highest BCUT2D eigenvalue weighted by Crippen LogP contribution is 2.40. The van der Waals surface area contributed by atoms with Crippen molar-refractivity contribution in [2.75, 3.05) is 13.7 Å². The molecule has 0 aromatic heterocycles. The van der Waals surface area contributed by atoms with Gasteiger partial charge in [0.1, 0.15) is 11.4 Å². The maximum Gasteiger partial charge on any atom is 0.252 e. The topological polar surface area (TPSA) is 58.6 Å². The molecule has 2 aromatic rings. The van der Waals surface area contributed by atoms with Crippen LogP contribution >= 0.6 is 0 Å². The van der Waals surface area contributed by atoms with Gasteiger partial charge in [0, 0.05) is 19.6 Å². The van der Waals surface area contributed by atoms with E-state index in [0.717, 1.165) is 55.2 Å². The first-order valence-electron chi connectivity index (χ1n) is 12.0. The first kappa shape index (κ1) is 22.1. The van der Waals surface area contributed by atoms with Crippen molar-refractivity contribution in [2.45, 2.75) is 62.6 Å². The number of amides is 2. The second-order valence-electron chi connectivity index (χ2n) is 9.71. The Kier molecular flexibility index (Phi) is 5.95. The number of likely N-dealkylation sites (tertiary alicyclic amines) is 1. The summed E-state index contributed by atoms with van der Waals surface area (Å²) in [5, 5.41) is 3.21. The summed E-state index contributed by atoms with van der Waals surface area (Å²) in [6.07, 6.45) is 5.91. The lowest BCUT2D eigenvalue weighted by atomic mass is 9.84. The van der Waals surface area contributed by atoms with E-state index in [4.69, 9.17) is 4.74 Å². The number of methoxy groups -OCH3 is 1. The Morgan fingerprint density at radius 2 is 1.82 bits per heavy atom. The molecule has 2 amide bonds. The Hall–Kier alpha value is -2.73. The lowest BCUT2D eigenvalue weighted by Crippen LogP contribution is -2.52. The summed E-state index contributed by atoms with van der Waals surface area (Å²) in [5.41, 5.74) is 2.15. The molecule has 2 atom stereocenters. The molecule has 6 heteroatoms. The maximum atomic E-state index is 13.7. The van der Waals surface area contributed by atoms with E-state index in [-0.39, 0.29) is 35.6 Å². The average Bonchev–Trinajstić information content (AvgIpc) is 3.50. The summed E-state index contributed by atoms with van der Waals surface area (Å²) in [7, 11) is 1.59. The van der Waals surface area contributed by atoms with E-state index in [9.17, 15) is 14.0 Å². The van der Waals surface area contributed by atoms with E-state index < -0.39 is 5.60 Å². The van der Waals surface area contributed by atoms with Crippen molar-refractivity contribution in [1.82, 2.24) is 10.2 Å². The summed E-state index contributed by atoms with van der Waals surface area (Å²) in [6.45, 7) is 0.661. The Morgan fingerprint density at radius 1 is 1.09 bits per heavy atom. The molecule has 5 rings (SSSR count). The molecule has 1 N–H and O–H groups in total. The largest absolute Gasteiger partial charge is 0.368 e. The van der Waals surface area contributed by atoms with Crippen molar-refractivity contribution in [2.24, 2.45) is 5.92 Å². The molecule has 0 spiro atoms. The molecule has 2 saturated carbocycles. The standard InChI is InChI=1S/C27H31FN2O3/c1-33-27(12-13-27)26(32)29-23-11-14-30(25(31)19-6-3-7-19)24(23)16-18-5-2-8-20(15-18)21-9-4-10-22(28)17-21/h2,4-5,8-10,15,17,19,23-24H,3,6-7,11-14,16H2,1H3,(H,29,32)/t23-,24-/m0/s1. The van der Waals surface area contributed by atoms with Gasteiger partial charge in [0.25, 0.3) is 5.91 Å². The Bertz CT molecular complexity index is 1050. The van der Waals surface area contributed by atoms with Gasteiger partial charge in [-0.3, -0.25) is 9.59 Å². The number of hydrogen-bond donors (Lipinski definition) is 1. The highest BCUT2D eigenvalue weighted by atomic mass is 19.1. The van der Waals surface area contributed by atoms with Crippen LogP contribution in [0.2, 0.25) is 0 Å². The van der Waals surface area contributed by atoms with Crippen molar-refractivity contribution < 1.29 is 18.7 Å². The van der Waals surface area contributed by atoms with Crippen LogP contribution in [0, 0.1) is 11.7 Å². The van der Waals surface area contributed by atoms with Gasteiger partial charge >= 0.3 is 0 Å². The normalized spacial score (nSPS) is 23.8. The first-order chi connectivity index (χ1) is 16.0. The number of nitrogens with zero attached hydrogens (tertiary/aromatic N) is 1. The molecule has 0 unspecified atom stereocenters. The number of carbonyl (C=O) groups is 2. The van der Waals surface area contributed by atoms with Gasteiger partial charge in [0.15, 0.2) is 0 Å². The van der Waals surface area contributed by atoms with Crippen LogP contribution in [0.1, 0.15) is 44.1 Å². The zero-order chi connectivity index (χ0) is 23.0. The van der Waals surface area contributed by atoms with Gasteiger partial charge in [-0.15, -0.1) is 0 Å². The van der Waals surface area contributed by atoms with Crippen LogP contribution in [-0.4, -0.2) is 48.1 Å². The minimum atomic E-state index is -0.687. The van der Waals surface area contributed by atoms with Crippen LogP contribution in [0.15, 0.2) is 48.5 Å². The third kappa shape index (κ3) is 4.41. The Labute approximate surface area is 194 Å². The molecule has 174 valence electrons. The van der Waals surface area contributed by atoms with E-state index in [2.05, 4.69) is 11.4 Å². The minimum Gasteiger partial charge on any atom is -0.368 e. The van der Waals surface area contributed by atoms with Crippen LogP contribution in [0.5, 0.6) is 0 Å². The van der Waals surface area contributed by atoms with Crippen LogP contribution in [0.4, 0.5) is 4.39 Å². The second kappa shape index (κ2) is 8.90. The monoisotopic (exact) mass is 450 g/mol. The SMILES string of the molecule is COC1(C(=O)N[C@H]2CCN(C(=O)C3CCC3)[C@H]2Cc2cccc(-c3cccc(F)c3)c2)CC1. The number of ether oxygens (including phenoxy) is 1. The summed E-state index contributed by atoms with van der Waals surface area (Å²) >= 11 is 0. The zero-order valence-electron chi connectivity index (χ0n) is 19.1. The van der Waals surface area contributed by atoms with Gasteiger partial charge in [-0.25, -0.2) is 4.39 Å². The molecule has 5 nitrogen and oxygen atoms in total. The summed E-state index contributed by atoms with van der Waals surface area (Å²) < 4.78 is 19.2. The molecule has 0 bridgehead atoms. The number of hydrogen-bond acceptors (Lipinski definition) is 3. The lowest BCUT2D eigenvalue weighted by Gasteiger charge is -2.35. The van der Waals surface area contributed by atoms with Gasteiger partial charge in [-0.05, 0) is 67.3 Å². The number of benzene rings is 2. The molecule has 3 fully saturated rings. The fraction of sp³-hybridized carbons (Fsp3) is 0.481. The number of halogens is 1. The molecule has 3 aliphatic rings. The maximum absolute atomic E-state index is 13.7. The van der Waals surface area contributed by atoms with E-state index in [0.29, 0.717) is 13.0 Å². The molecule has 0 radical (unpaired) electrons. The van der Waals surface area contributed by atoms with Crippen LogP contribution < -0.4 is 5.32 Å². The third-order valence-electron chi connectivity index (χ3n) is 7.64. The minimum absolute atomic E-state index is 0.0635. The molecule has 1 aliphatic heterocycles. The average molecular weight is 451 g/mol. The molecule has 33 heavy (non-hydrogen) atoms. The number of rotatable bonds is 7. The fourth-order valence-electron chi connectivity index (χ4n) is 5.16. The van der Waals surface area contributed by atoms with Gasteiger partial charge < -0.3 is 15.0 Å². The summed E-state index contributed by atoms with van der Waals surface area (Å²) in [4.78, 5) is 28.1. The first-order valence-corrected chi connectivity index (χ1v) is 12.0.